The van der Waals surface area contributed by atoms with Crippen LogP contribution in [0.1, 0.15) is 23.1 Å². The van der Waals surface area contributed by atoms with Crippen LogP contribution in [0.3, 0.4) is 0 Å². The Morgan fingerprint density at radius 2 is 1.51 bits per heavy atom. The van der Waals surface area contributed by atoms with Crippen LogP contribution >= 0.6 is 0 Å². The van der Waals surface area contributed by atoms with E-state index < -0.39 is 5.41 Å². The summed E-state index contributed by atoms with van der Waals surface area (Å²) in [5.74, 6) is 3.29. The minimum Gasteiger partial charge on any atom is -0.454 e. The molecule has 6 rings (SSSR count). The maximum absolute atomic E-state index is 13.2. The summed E-state index contributed by atoms with van der Waals surface area (Å²) in [5, 5.41) is 0. The molecule has 1 amide bonds. The second-order valence-corrected chi connectivity index (χ2v) is 10.8. The van der Waals surface area contributed by atoms with Crippen molar-refractivity contribution in [2.75, 3.05) is 33.5 Å². The highest BCUT2D eigenvalue weighted by molar-refractivity contribution is 5.91. The molecule has 5 nitrogen and oxygen atoms in total. The predicted molar refractivity (Wildman–Crippen MR) is 135 cm³/mol. The molecule has 0 aromatic heterocycles. The van der Waals surface area contributed by atoms with Gasteiger partial charge in [-0.15, -0.1) is 0 Å². The molecule has 1 aliphatic carbocycles. The Morgan fingerprint density at radius 3 is 2.11 bits per heavy atom. The molecule has 2 unspecified atom stereocenters. The summed E-state index contributed by atoms with van der Waals surface area (Å²) in [5.41, 5.74) is 8.72. The summed E-state index contributed by atoms with van der Waals surface area (Å²) >= 11 is 0. The first-order valence-electron chi connectivity index (χ1n) is 12.6. The van der Waals surface area contributed by atoms with E-state index in [0.717, 1.165) is 59.6 Å². The zero-order valence-corrected chi connectivity index (χ0v) is 20.2. The number of likely N-dealkylation sites (N-methyl/N-ethyl adjacent to an activating group) is 1. The van der Waals surface area contributed by atoms with Crippen LogP contribution in [0.2, 0.25) is 0 Å². The number of likely N-dealkylation sites (tertiary alicyclic amines) is 1. The molecule has 5 heteroatoms. The highest BCUT2D eigenvalue weighted by Gasteiger charge is 2.64. The molecule has 2 fully saturated rings. The van der Waals surface area contributed by atoms with Crippen molar-refractivity contribution < 1.29 is 18.8 Å². The van der Waals surface area contributed by atoms with Gasteiger partial charge in [0.1, 0.15) is 0 Å². The van der Waals surface area contributed by atoms with E-state index in [9.17, 15) is 4.79 Å². The van der Waals surface area contributed by atoms with Crippen LogP contribution in [0.15, 0.2) is 78.9 Å². The number of hydrogen-bond donors (Lipinski definition) is 1. The van der Waals surface area contributed by atoms with Gasteiger partial charge in [0, 0.05) is 18.3 Å². The van der Waals surface area contributed by atoms with Crippen molar-refractivity contribution in [2.24, 2.45) is 23.5 Å². The predicted octanol–water partition coefficient (Wildman–Crippen LogP) is 4.14. The van der Waals surface area contributed by atoms with Gasteiger partial charge in [-0.25, -0.2) is 0 Å². The zero-order chi connectivity index (χ0) is 24.0. The maximum atomic E-state index is 13.2. The van der Waals surface area contributed by atoms with E-state index in [2.05, 4.69) is 43.4 Å². The quantitative estimate of drug-likeness (QED) is 0.505. The smallest absolute Gasteiger partial charge is 0.232 e. The fourth-order valence-electron chi connectivity index (χ4n) is 6.73. The number of rotatable bonds is 8. The lowest BCUT2D eigenvalue weighted by Crippen LogP contribution is -2.47. The van der Waals surface area contributed by atoms with Crippen molar-refractivity contribution in [1.29, 1.82) is 0 Å². The molecule has 0 bridgehead atoms. The van der Waals surface area contributed by atoms with Crippen molar-refractivity contribution in [2.45, 2.75) is 18.3 Å². The van der Waals surface area contributed by atoms with Gasteiger partial charge in [0.25, 0.3) is 0 Å². The van der Waals surface area contributed by atoms with Gasteiger partial charge < -0.3 is 19.7 Å². The van der Waals surface area contributed by atoms with Gasteiger partial charge in [-0.2, -0.15) is 0 Å². The molecule has 180 valence electrons. The second-order valence-electron chi connectivity index (χ2n) is 10.8. The van der Waals surface area contributed by atoms with Crippen LogP contribution in [-0.2, 0) is 16.6 Å². The largest absolute Gasteiger partial charge is 0.454 e. The third-order valence-electron chi connectivity index (χ3n) is 8.69. The number of carbonyl (C=O) groups is 1. The van der Waals surface area contributed by atoms with Crippen LogP contribution in [-0.4, -0.2) is 43.9 Å². The molecule has 2 aliphatic heterocycles. The van der Waals surface area contributed by atoms with E-state index in [1.165, 1.54) is 5.56 Å². The van der Waals surface area contributed by atoms with Gasteiger partial charge in [0.05, 0.1) is 32.1 Å². The van der Waals surface area contributed by atoms with Gasteiger partial charge >= 0.3 is 0 Å². The first kappa shape index (κ1) is 22.2. The Morgan fingerprint density at radius 1 is 0.914 bits per heavy atom. The van der Waals surface area contributed by atoms with Crippen LogP contribution < -0.4 is 15.2 Å². The number of benzene rings is 3. The van der Waals surface area contributed by atoms with Crippen LogP contribution in [0.4, 0.5) is 0 Å². The van der Waals surface area contributed by atoms with Crippen molar-refractivity contribution in [3.8, 4) is 11.5 Å². The van der Waals surface area contributed by atoms with E-state index in [1.807, 2.05) is 42.5 Å². The van der Waals surface area contributed by atoms with Crippen LogP contribution in [0.25, 0.3) is 0 Å². The van der Waals surface area contributed by atoms with E-state index in [0.29, 0.717) is 24.5 Å². The molecule has 0 radical (unpaired) electrons. The first-order chi connectivity index (χ1) is 17.0. The lowest BCUT2D eigenvalue weighted by Gasteiger charge is -2.35. The molecular formula is C30H33N2O3+. The molecule has 3 aromatic rings. The first-order valence-corrected chi connectivity index (χ1v) is 12.6. The minimum absolute atomic E-state index is 0.250. The van der Waals surface area contributed by atoms with Crippen molar-refractivity contribution in [1.82, 2.24) is 0 Å². The summed E-state index contributed by atoms with van der Waals surface area (Å²) in [6.07, 6.45) is 1.81. The normalized spacial score (nSPS) is 26.4. The van der Waals surface area contributed by atoms with Crippen LogP contribution in [0, 0.1) is 17.8 Å². The van der Waals surface area contributed by atoms with Gasteiger partial charge in [0.2, 0.25) is 12.7 Å². The van der Waals surface area contributed by atoms with Crippen molar-refractivity contribution in [3.05, 3.63) is 95.6 Å². The molecule has 2 atom stereocenters. The summed E-state index contributed by atoms with van der Waals surface area (Å²) < 4.78 is 12.1. The summed E-state index contributed by atoms with van der Waals surface area (Å²) in [6.45, 7) is 3.75. The average Bonchev–Trinajstić information content (AvgIpc) is 3.20. The topological polar surface area (TPSA) is 61.6 Å². The number of fused-ring (bicyclic) bond motifs is 2. The molecule has 3 aromatic carbocycles. The van der Waals surface area contributed by atoms with E-state index >= 15 is 0 Å². The number of hydrogen-bond acceptors (Lipinski definition) is 3. The second kappa shape index (κ2) is 8.42. The molecule has 3 aliphatic rings. The Kier molecular flexibility index (Phi) is 5.33. The number of ether oxygens (including phenoxy) is 2. The van der Waals surface area contributed by atoms with Crippen molar-refractivity contribution in [3.63, 3.8) is 0 Å². The number of piperidine rings is 1. The van der Waals surface area contributed by atoms with Gasteiger partial charge in [-0.1, -0.05) is 66.7 Å². The standard InChI is InChI=1S/C30H32N2O3/c1-32(15-14-21-12-13-27-28(16-21)35-20-34-27)18-25-24(26(25)19-32)17-30(29(31)33,22-8-4-2-5-9-22)23-10-6-3-7-11-23/h2-13,16,24-26H,14-15,17-20H2,1H3,(H-,31,33)/p+1. The number of carbonyl (C=O) groups excluding carboxylic acids is 1. The number of nitrogens with zero attached hydrogens (tertiary/aromatic N) is 1. The van der Waals surface area contributed by atoms with Gasteiger partial charge in [-0.05, 0) is 41.2 Å². The minimum atomic E-state index is -0.784. The Balaban J connectivity index is 1.17. The monoisotopic (exact) mass is 469 g/mol. The average molecular weight is 470 g/mol. The van der Waals surface area contributed by atoms with Crippen LogP contribution in [0.5, 0.6) is 11.5 Å². The fourth-order valence-corrected chi connectivity index (χ4v) is 6.73. The third kappa shape index (κ3) is 3.88. The molecule has 1 saturated carbocycles. The van der Waals surface area contributed by atoms with Gasteiger partial charge in [0.15, 0.2) is 11.5 Å². The van der Waals surface area contributed by atoms with Crippen molar-refractivity contribution >= 4 is 5.91 Å². The molecule has 1 saturated heterocycles. The highest BCUT2D eigenvalue weighted by Crippen LogP contribution is 2.59. The van der Waals surface area contributed by atoms with E-state index in [4.69, 9.17) is 15.2 Å². The molecular weight excluding hydrogens is 436 g/mol. The number of quaternary nitrogens is 1. The SMILES string of the molecule is C[N+]1(CCc2ccc3c(c2)OCO3)CC2C(CC(C(N)=O)(c3ccccc3)c3ccccc3)C2C1. The Labute approximate surface area is 207 Å². The Bertz CT molecular complexity index is 1180. The summed E-state index contributed by atoms with van der Waals surface area (Å²) in [6, 6.07) is 26.5. The fraction of sp³-hybridized carbons (Fsp3) is 0.367. The lowest BCUT2D eigenvalue weighted by atomic mass is 9.69. The summed E-state index contributed by atoms with van der Waals surface area (Å²) in [4.78, 5) is 13.2. The highest BCUT2D eigenvalue weighted by atomic mass is 16.7. The Hall–Kier alpha value is -3.31. The van der Waals surface area contributed by atoms with E-state index in [1.54, 1.807) is 0 Å². The lowest BCUT2D eigenvalue weighted by molar-refractivity contribution is -0.903. The third-order valence-corrected chi connectivity index (χ3v) is 8.69. The molecule has 2 N–H and O–H groups in total. The molecule has 0 spiro atoms. The van der Waals surface area contributed by atoms with E-state index in [-0.39, 0.29) is 5.91 Å². The molecule has 2 heterocycles. The number of primary amides is 1. The summed E-state index contributed by atoms with van der Waals surface area (Å²) in [7, 11) is 2.38. The molecule has 35 heavy (non-hydrogen) atoms. The number of nitrogens with two attached hydrogens (primary N) is 1. The zero-order valence-electron chi connectivity index (χ0n) is 20.2. The van der Waals surface area contributed by atoms with Gasteiger partial charge in [-0.3, -0.25) is 4.79 Å². The maximum Gasteiger partial charge on any atom is 0.232 e. The number of amides is 1.